The topological polar surface area (TPSA) is 254 Å². The van der Waals surface area contributed by atoms with Crippen molar-refractivity contribution in [2.75, 3.05) is 0 Å². The van der Waals surface area contributed by atoms with Crippen LogP contribution >= 0.6 is 0 Å². The van der Waals surface area contributed by atoms with Gasteiger partial charge < -0.3 is 29.8 Å². The summed E-state index contributed by atoms with van der Waals surface area (Å²) >= 11 is 0. The minimum atomic E-state index is -0.845. The van der Waals surface area contributed by atoms with Crippen LogP contribution in [-0.2, 0) is 30.2 Å². The maximum absolute atomic E-state index is 12.7. The molecule has 1 radical (unpaired) electrons. The largest absolute Gasteiger partial charge is 3.00 e. The van der Waals surface area contributed by atoms with Crippen molar-refractivity contribution in [1.29, 1.82) is 0 Å². The summed E-state index contributed by atoms with van der Waals surface area (Å²) in [4.78, 5) is 46.5. The summed E-state index contributed by atoms with van der Waals surface area (Å²) in [5.74, 6) is -1.69. The number of nitrogens with zero attached hydrogens (tertiary/aromatic N) is 10. The zero-order valence-electron chi connectivity index (χ0n) is 35.6. The Balaban J connectivity index is 0.000000320. The van der Waals surface area contributed by atoms with Gasteiger partial charge in [-0.15, -0.1) is 21.6 Å². The van der Waals surface area contributed by atoms with Crippen molar-refractivity contribution in [1.82, 2.24) is 19.6 Å². The van der Waals surface area contributed by atoms with E-state index in [1.165, 1.54) is 33.6 Å². The first kappa shape index (κ1) is 46.7. The second kappa shape index (κ2) is 19.0. The zero-order valence-corrected chi connectivity index (χ0v) is 35.9. The average molecular weight is 868 g/mol. The van der Waals surface area contributed by atoms with Crippen molar-refractivity contribution in [2.45, 2.75) is 68.2 Å². The van der Waals surface area contributed by atoms with Crippen LogP contribution in [-0.4, -0.2) is 19.2 Å². The number of nitro groups is 2. The van der Waals surface area contributed by atoms with Crippen molar-refractivity contribution in [3.05, 3.63) is 148 Å². The van der Waals surface area contributed by atoms with E-state index in [1.54, 1.807) is 62.4 Å². The van der Waals surface area contributed by atoms with E-state index in [0.717, 1.165) is 0 Å². The number of nitro benzene ring substituents is 2. The Hall–Kier alpha value is -6.97. The molecule has 0 saturated heterocycles. The Labute approximate surface area is 362 Å². The zero-order chi connectivity index (χ0) is 44.1. The third kappa shape index (κ3) is 11.6. The summed E-state index contributed by atoms with van der Waals surface area (Å²) in [5.41, 5.74) is 0.168. The molecule has 315 valence electrons. The predicted octanol–water partition coefficient (Wildman–Crippen LogP) is 8.29. The Kier molecular flexibility index (Phi) is 14.5. The average Bonchev–Trinajstić information content (AvgIpc) is 3.62. The molecule has 61 heavy (non-hydrogen) atoms. The van der Waals surface area contributed by atoms with Crippen LogP contribution in [0.4, 0.5) is 34.1 Å². The molecule has 6 aromatic rings. The van der Waals surface area contributed by atoms with E-state index in [0.29, 0.717) is 46.7 Å². The van der Waals surface area contributed by atoms with Gasteiger partial charge in [-0.3, -0.25) is 29.8 Å². The van der Waals surface area contributed by atoms with E-state index in [-0.39, 0.29) is 52.4 Å². The fraction of sp³-hybridized carbons (Fsp3) is 0.286. The normalized spacial score (nSPS) is 11.7. The molecule has 4 aromatic carbocycles. The summed E-state index contributed by atoms with van der Waals surface area (Å²) in [6.45, 7) is 15.1. The molecule has 0 amide bonds. The molecule has 19 heteroatoms. The van der Waals surface area contributed by atoms with Gasteiger partial charge in [0.2, 0.25) is 0 Å². The number of rotatable bonds is 10. The number of aromatic nitrogens is 4. The number of para-hydroxylation sites is 2. The SMILES string of the molecule is Cc1[n-]n(-c2ccccc2)c(=O)c1N=Nc1cc(CC(C)(C)C)cc([N+](=O)[O-])c1[O-].Cc1[n-]n(-c2ccccc2)c(=O)c1N=Nc1cc(CC(C)(C)C)cc([N+](=O)[O-])c1[O-].[Cr+3].[H+]. The number of benzene rings is 4. The predicted molar refractivity (Wildman–Crippen MR) is 221 cm³/mol. The van der Waals surface area contributed by atoms with Crippen LogP contribution in [0.25, 0.3) is 11.4 Å². The van der Waals surface area contributed by atoms with Crippen LogP contribution in [0.15, 0.2) is 115 Å². The van der Waals surface area contributed by atoms with E-state index in [4.69, 9.17) is 0 Å². The van der Waals surface area contributed by atoms with Gasteiger partial charge in [0.15, 0.2) is 0 Å². The van der Waals surface area contributed by atoms with Crippen LogP contribution in [0.5, 0.6) is 11.5 Å². The molecule has 0 unspecified atom stereocenters. The summed E-state index contributed by atoms with van der Waals surface area (Å²) in [5, 5.41) is 71.5. The number of azo groups is 2. The summed E-state index contributed by atoms with van der Waals surface area (Å²) in [7, 11) is 0. The molecule has 0 aliphatic heterocycles. The fourth-order valence-electron chi connectivity index (χ4n) is 6.08. The molecule has 18 nitrogen and oxygen atoms in total. The molecule has 6 rings (SSSR count). The van der Waals surface area contributed by atoms with Gasteiger partial charge in [0.1, 0.15) is 11.4 Å². The third-order valence-electron chi connectivity index (χ3n) is 8.57. The maximum atomic E-state index is 12.7. The Morgan fingerprint density at radius 2 is 0.918 bits per heavy atom. The second-order valence-electron chi connectivity index (χ2n) is 16.3. The molecular weight excluding hydrogens is 825 g/mol. The Morgan fingerprint density at radius 3 is 1.21 bits per heavy atom. The van der Waals surface area contributed by atoms with Gasteiger partial charge in [0, 0.05) is 35.0 Å². The summed E-state index contributed by atoms with van der Waals surface area (Å²) < 4.78 is 2.39. The number of hydrogen-bond acceptors (Lipinski definition) is 12. The van der Waals surface area contributed by atoms with Gasteiger partial charge in [-0.05, 0) is 71.2 Å². The quantitative estimate of drug-likeness (QED) is 0.0723. The maximum Gasteiger partial charge on any atom is 3.00 e. The molecule has 0 aliphatic carbocycles. The Bertz CT molecular complexity index is 2540. The van der Waals surface area contributed by atoms with E-state index in [9.17, 15) is 40.0 Å². The van der Waals surface area contributed by atoms with Gasteiger partial charge in [-0.25, -0.2) is 0 Å². The van der Waals surface area contributed by atoms with E-state index < -0.39 is 43.8 Å². The van der Waals surface area contributed by atoms with E-state index in [1.807, 2.05) is 53.7 Å². The van der Waals surface area contributed by atoms with Crippen molar-refractivity contribution < 1.29 is 38.8 Å². The molecule has 0 saturated carbocycles. The minimum Gasteiger partial charge on any atom is -0.866 e. The third-order valence-corrected chi connectivity index (χ3v) is 8.57. The molecule has 2 aromatic heterocycles. The molecule has 0 spiro atoms. The molecule has 0 aliphatic rings. The van der Waals surface area contributed by atoms with Crippen molar-refractivity contribution in [3.8, 4) is 22.9 Å². The van der Waals surface area contributed by atoms with Crippen molar-refractivity contribution in [2.24, 2.45) is 31.3 Å². The van der Waals surface area contributed by atoms with Crippen LogP contribution < -0.4 is 31.5 Å². The van der Waals surface area contributed by atoms with Crippen LogP contribution in [0.1, 0.15) is 65.5 Å². The molecule has 0 fully saturated rings. The molecule has 2 heterocycles. The number of aryl methyl sites for hydroxylation is 2. The smallest absolute Gasteiger partial charge is 0.866 e. The molecular formula is C42H43CrN10O8. The molecule has 0 bridgehead atoms. The van der Waals surface area contributed by atoms with Gasteiger partial charge in [-0.1, -0.05) is 91.8 Å². The van der Waals surface area contributed by atoms with Crippen molar-refractivity contribution in [3.63, 3.8) is 0 Å². The van der Waals surface area contributed by atoms with Gasteiger partial charge >= 0.3 is 18.8 Å². The van der Waals surface area contributed by atoms with Crippen LogP contribution in [0.3, 0.4) is 0 Å². The minimum absolute atomic E-state index is 0. The molecule has 0 atom stereocenters. The first-order valence-corrected chi connectivity index (χ1v) is 18.6. The van der Waals surface area contributed by atoms with Crippen LogP contribution in [0, 0.1) is 44.9 Å². The van der Waals surface area contributed by atoms with Gasteiger partial charge in [0.05, 0.1) is 21.2 Å². The van der Waals surface area contributed by atoms with E-state index >= 15 is 0 Å². The standard InChI is InChI=1S/2C21H23N5O4.Cr/c2*1-13-18(20(28)25(24-13)15-8-6-5-7-9-15)23-22-16-10-14(12-21(2,3)4)11-17(19(16)27)26(29)30;/h2*5-11H,12H2,1-4H3,(H2,22,23,24,27,28);/q;;+3/p-3. The van der Waals surface area contributed by atoms with Crippen molar-refractivity contribution >= 4 is 34.1 Å². The summed E-state index contributed by atoms with van der Waals surface area (Å²) in [6, 6.07) is 23.1. The second-order valence-corrected chi connectivity index (χ2v) is 16.3. The summed E-state index contributed by atoms with van der Waals surface area (Å²) in [6.07, 6.45) is 1.02. The molecule has 0 N–H and O–H groups in total. The monoisotopic (exact) mass is 867 g/mol. The van der Waals surface area contributed by atoms with E-state index in [2.05, 4.69) is 30.7 Å². The number of hydrogen-bond donors (Lipinski definition) is 0. The van der Waals surface area contributed by atoms with Gasteiger partial charge in [-0.2, -0.15) is 10.2 Å². The van der Waals surface area contributed by atoms with Gasteiger partial charge in [0.25, 0.3) is 22.5 Å². The first-order valence-electron chi connectivity index (χ1n) is 18.6. The van der Waals surface area contributed by atoms with Crippen LogP contribution in [0.2, 0.25) is 0 Å². The fourth-order valence-corrected chi connectivity index (χ4v) is 6.08. The first-order chi connectivity index (χ1) is 28.1. The Morgan fingerprint density at radius 1 is 0.590 bits per heavy atom.